The SMILES string of the molecule is N#Cc1ccc(C(=O)N2C[C@H]3CCC(N)C[C@H]3C2)cc1. The lowest BCUT2D eigenvalue weighted by atomic mass is 9.79. The summed E-state index contributed by atoms with van der Waals surface area (Å²) >= 11 is 0. The van der Waals surface area contributed by atoms with E-state index >= 15 is 0 Å². The number of hydrogen-bond acceptors (Lipinski definition) is 3. The second-order valence-corrected chi connectivity index (χ2v) is 5.99. The topological polar surface area (TPSA) is 70.1 Å². The molecule has 0 bridgehead atoms. The summed E-state index contributed by atoms with van der Waals surface area (Å²) in [5.74, 6) is 1.27. The Labute approximate surface area is 119 Å². The lowest BCUT2D eigenvalue weighted by molar-refractivity contribution is 0.0784. The Balaban J connectivity index is 1.70. The smallest absolute Gasteiger partial charge is 0.253 e. The van der Waals surface area contributed by atoms with Gasteiger partial charge in [-0.3, -0.25) is 4.79 Å². The van der Waals surface area contributed by atoms with E-state index in [1.165, 1.54) is 0 Å². The summed E-state index contributed by atoms with van der Waals surface area (Å²) in [4.78, 5) is 14.4. The van der Waals surface area contributed by atoms with Gasteiger partial charge in [-0.05, 0) is 55.4 Å². The van der Waals surface area contributed by atoms with Crippen LogP contribution in [0.1, 0.15) is 35.2 Å². The molecular formula is C16H19N3O. The van der Waals surface area contributed by atoms with Crippen LogP contribution in [-0.4, -0.2) is 29.9 Å². The number of carbonyl (C=O) groups is 1. The van der Waals surface area contributed by atoms with E-state index in [4.69, 9.17) is 11.0 Å². The van der Waals surface area contributed by atoms with Gasteiger partial charge in [-0.25, -0.2) is 0 Å². The van der Waals surface area contributed by atoms with E-state index < -0.39 is 0 Å². The molecule has 2 aliphatic rings. The molecule has 1 aromatic carbocycles. The molecule has 0 radical (unpaired) electrons. The van der Waals surface area contributed by atoms with Crippen molar-refractivity contribution in [3.63, 3.8) is 0 Å². The van der Waals surface area contributed by atoms with Crippen LogP contribution in [-0.2, 0) is 0 Å². The molecule has 4 nitrogen and oxygen atoms in total. The number of benzene rings is 1. The Morgan fingerprint density at radius 1 is 1.20 bits per heavy atom. The quantitative estimate of drug-likeness (QED) is 0.844. The van der Waals surface area contributed by atoms with Gasteiger partial charge < -0.3 is 10.6 Å². The molecule has 2 N–H and O–H groups in total. The minimum Gasteiger partial charge on any atom is -0.338 e. The molecule has 0 aromatic heterocycles. The first-order valence-electron chi connectivity index (χ1n) is 7.22. The molecule has 1 amide bonds. The second-order valence-electron chi connectivity index (χ2n) is 5.99. The highest BCUT2D eigenvalue weighted by Crippen LogP contribution is 2.36. The Morgan fingerprint density at radius 3 is 2.60 bits per heavy atom. The Hall–Kier alpha value is -1.86. The molecule has 20 heavy (non-hydrogen) atoms. The average Bonchev–Trinajstić information content (AvgIpc) is 2.89. The minimum atomic E-state index is 0.0810. The first-order chi connectivity index (χ1) is 9.67. The third-order valence-corrected chi connectivity index (χ3v) is 4.64. The van der Waals surface area contributed by atoms with Crippen molar-refractivity contribution in [2.24, 2.45) is 17.6 Å². The van der Waals surface area contributed by atoms with Crippen molar-refractivity contribution < 1.29 is 4.79 Å². The summed E-state index contributed by atoms with van der Waals surface area (Å²) in [6, 6.07) is 9.27. The van der Waals surface area contributed by atoms with Gasteiger partial charge >= 0.3 is 0 Å². The minimum absolute atomic E-state index is 0.0810. The maximum absolute atomic E-state index is 12.5. The highest BCUT2D eigenvalue weighted by molar-refractivity contribution is 5.94. The first-order valence-corrected chi connectivity index (χ1v) is 7.22. The zero-order valence-electron chi connectivity index (χ0n) is 11.5. The highest BCUT2D eigenvalue weighted by atomic mass is 16.2. The molecule has 1 saturated carbocycles. The van der Waals surface area contributed by atoms with Gasteiger partial charge in [0.25, 0.3) is 5.91 Å². The lowest BCUT2D eigenvalue weighted by Gasteiger charge is -2.27. The van der Waals surface area contributed by atoms with E-state index in [2.05, 4.69) is 6.07 Å². The van der Waals surface area contributed by atoms with Gasteiger partial charge in [-0.1, -0.05) is 0 Å². The molecular weight excluding hydrogens is 250 g/mol. The van der Waals surface area contributed by atoms with Gasteiger partial charge in [-0.15, -0.1) is 0 Å². The van der Waals surface area contributed by atoms with Gasteiger partial charge in [0, 0.05) is 24.7 Å². The molecule has 104 valence electrons. The second kappa shape index (κ2) is 5.26. The monoisotopic (exact) mass is 269 g/mol. The third kappa shape index (κ3) is 2.41. The van der Waals surface area contributed by atoms with Gasteiger partial charge in [0.1, 0.15) is 0 Å². The average molecular weight is 269 g/mol. The van der Waals surface area contributed by atoms with Crippen molar-refractivity contribution in [2.45, 2.75) is 25.3 Å². The van der Waals surface area contributed by atoms with Crippen molar-refractivity contribution >= 4 is 5.91 Å². The van der Waals surface area contributed by atoms with Crippen LogP contribution in [0.2, 0.25) is 0 Å². The van der Waals surface area contributed by atoms with E-state index in [0.29, 0.717) is 29.0 Å². The van der Waals surface area contributed by atoms with E-state index in [1.807, 2.05) is 4.90 Å². The van der Waals surface area contributed by atoms with Crippen LogP contribution in [0.4, 0.5) is 0 Å². The predicted octanol–water partition coefficient (Wildman–Crippen LogP) is 1.76. The van der Waals surface area contributed by atoms with E-state index in [-0.39, 0.29) is 5.91 Å². The summed E-state index contributed by atoms with van der Waals surface area (Å²) in [5, 5.41) is 8.79. The largest absolute Gasteiger partial charge is 0.338 e. The highest BCUT2D eigenvalue weighted by Gasteiger charge is 2.38. The molecule has 3 rings (SSSR count). The number of nitriles is 1. The fourth-order valence-corrected chi connectivity index (χ4v) is 3.50. The van der Waals surface area contributed by atoms with Crippen LogP contribution in [0.25, 0.3) is 0 Å². The van der Waals surface area contributed by atoms with Crippen molar-refractivity contribution in [3.05, 3.63) is 35.4 Å². The zero-order valence-corrected chi connectivity index (χ0v) is 11.5. The number of amides is 1. The van der Waals surface area contributed by atoms with Crippen LogP contribution < -0.4 is 5.73 Å². The Morgan fingerprint density at radius 2 is 1.90 bits per heavy atom. The molecule has 0 spiro atoms. The Bertz CT molecular complexity index is 546. The molecule has 1 unspecified atom stereocenters. The summed E-state index contributed by atoms with van der Waals surface area (Å²) in [5.41, 5.74) is 7.28. The van der Waals surface area contributed by atoms with Gasteiger partial charge in [-0.2, -0.15) is 5.26 Å². The number of hydrogen-bond donors (Lipinski definition) is 1. The third-order valence-electron chi connectivity index (χ3n) is 4.64. The van der Waals surface area contributed by atoms with Crippen LogP contribution in [0, 0.1) is 23.2 Å². The van der Waals surface area contributed by atoms with E-state index in [0.717, 1.165) is 32.4 Å². The Kier molecular flexibility index (Phi) is 3.45. The van der Waals surface area contributed by atoms with Crippen LogP contribution >= 0.6 is 0 Å². The molecule has 1 aromatic rings. The van der Waals surface area contributed by atoms with Crippen molar-refractivity contribution in [2.75, 3.05) is 13.1 Å². The first kappa shape index (κ1) is 13.1. The fourth-order valence-electron chi connectivity index (χ4n) is 3.50. The van der Waals surface area contributed by atoms with Crippen molar-refractivity contribution in [3.8, 4) is 6.07 Å². The zero-order chi connectivity index (χ0) is 14.1. The van der Waals surface area contributed by atoms with Gasteiger partial charge in [0.15, 0.2) is 0 Å². The maximum Gasteiger partial charge on any atom is 0.253 e. The predicted molar refractivity (Wildman–Crippen MR) is 75.9 cm³/mol. The van der Waals surface area contributed by atoms with Gasteiger partial charge in [0.2, 0.25) is 0 Å². The number of rotatable bonds is 1. The van der Waals surface area contributed by atoms with Crippen LogP contribution in [0.15, 0.2) is 24.3 Å². The summed E-state index contributed by atoms with van der Waals surface area (Å²) in [6.45, 7) is 1.69. The standard InChI is InChI=1S/C16H19N3O/c17-8-11-1-3-12(4-2-11)16(20)19-9-13-5-6-15(18)7-14(13)10-19/h1-4,13-15H,5-7,9-10,18H2/t13-,14+,15?/m1/s1. The van der Waals surface area contributed by atoms with Gasteiger partial charge in [0.05, 0.1) is 11.6 Å². The lowest BCUT2D eigenvalue weighted by Crippen LogP contribution is -2.32. The molecule has 4 heteroatoms. The van der Waals surface area contributed by atoms with E-state index in [9.17, 15) is 4.79 Å². The summed E-state index contributed by atoms with van der Waals surface area (Å²) in [7, 11) is 0. The summed E-state index contributed by atoms with van der Waals surface area (Å²) < 4.78 is 0. The van der Waals surface area contributed by atoms with Crippen LogP contribution in [0.3, 0.4) is 0 Å². The van der Waals surface area contributed by atoms with Crippen molar-refractivity contribution in [1.29, 1.82) is 5.26 Å². The molecule has 1 heterocycles. The molecule has 1 aliphatic heterocycles. The van der Waals surface area contributed by atoms with Crippen molar-refractivity contribution in [1.82, 2.24) is 4.90 Å². The number of carbonyl (C=O) groups excluding carboxylic acids is 1. The van der Waals surface area contributed by atoms with Crippen LogP contribution in [0.5, 0.6) is 0 Å². The number of nitrogens with two attached hydrogens (primary N) is 1. The molecule has 3 atom stereocenters. The van der Waals surface area contributed by atoms with E-state index in [1.54, 1.807) is 24.3 Å². The fraction of sp³-hybridized carbons (Fsp3) is 0.500. The summed E-state index contributed by atoms with van der Waals surface area (Å²) in [6.07, 6.45) is 3.27. The normalized spacial score (nSPS) is 28.8. The molecule has 1 saturated heterocycles. The maximum atomic E-state index is 12.5. The molecule has 2 fully saturated rings. The number of likely N-dealkylation sites (tertiary alicyclic amines) is 1. The number of nitrogens with zero attached hydrogens (tertiary/aromatic N) is 2. The molecule has 1 aliphatic carbocycles. The number of fused-ring (bicyclic) bond motifs is 1.